The van der Waals surface area contributed by atoms with Crippen molar-refractivity contribution >= 4 is 0 Å². The number of hydrogen-bond donors (Lipinski definition) is 2. The molecule has 6 heteroatoms. The molecule has 2 N–H and O–H groups in total. The van der Waals surface area contributed by atoms with Gasteiger partial charge in [0.2, 0.25) is 0 Å². The van der Waals surface area contributed by atoms with Crippen LogP contribution in [0.15, 0.2) is 18.5 Å². The molecule has 0 saturated heterocycles. The smallest absolute Gasteiger partial charge is 0.0997 e. The third-order valence-electron chi connectivity index (χ3n) is 3.55. The summed E-state index contributed by atoms with van der Waals surface area (Å²) in [7, 11) is 0. The average Bonchev–Trinajstić information content (AvgIpc) is 3.13. The average molecular weight is 276 g/mol. The second-order valence-electron chi connectivity index (χ2n) is 5.15. The van der Waals surface area contributed by atoms with Gasteiger partial charge in [0.05, 0.1) is 23.6 Å². The summed E-state index contributed by atoms with van der Waals surface area (Å²) in [5.74, 6) is 0. The van der Waals surface area contributed by atoms with Crippen molar-refractivity contribution in [2.45, 2.75) is 52.1 Å². The molecule has 0 aliphatic heterocycles. The quantitative estimate of drug-likeness (QED) is 0.775. The van der Waals surface area contributed by atoms with E-state index in [0.717, 1.165) is 37.2 Å². The zero-order valence-electron chi connectivity index (χ0n) is 12.5. The zero-order valence-corrected chi connectivity index (χ0v) is 12.5. The van der Waals surface area contributed by atoms with Gasteiger partial charge in [-0.25, -0.2) is 0 Å². The van der Waals surface area contributed by atoms with Gasteiger partial charge < -0.3 is 5.32 Å². The Morgan fingerprint density at radius 1 is 1.40 bits per heavy atom. The SMILES string of the molecule is CCCNC(Cc1ccn(C(C)CC)n1)c1cn[nH]n1. The van der Waals surface area contributed by atoms with E-state index in [-0.39, 0.29) is 6.04 Å². The van der Waals surface area contributed by atoms with Gasteiger partial charge in [0, 0.05) is 18.7 Å². The molecule has 0 spiro atoms. The highest BCUT2D eigenvalue weighted by Crippen LogP contribution is 2.16. The Kier molecular flexibility index (Phi) is 5.29. The van der Waals surface area contributed by atoms with E-state index in [9.17, 15) is 0 Å². The number of aromatic amines is 1. The van der Waals surface area contributed by atoms with Gasteiger partial charge >= 0.3 is 0 Å². The Bertz CT molecular complexity index is 489. The predicted octanol–water partition coefficient (Wildman–Crippen LogP) is 2.26. The van der Waals surface area contributed by atoms with E-state index in [1.807, 2.05) is 4.68 Å². The van der Waals surface area contributed by atoms with Gasteiger partial charge in [-0.05, 0) is 32.4 Å². The lowest BCUT2D eigenvalue weighted by atomic mass is 10.1. The summed E-state index contributed by atoms with van der Waals surface area (Å²) in [6.07, 6.45) is 6.84. The number of nitrogens with zero attached hydrogens (tertiary/aromatic N) is 4. The van der Waals surface area contributed by atoms with Gasteiger partial charge in [-0.3, -0.25) is 4.68 Å². The Balaban J connectivity index is 2.05. The number of H-pyrrole nitrogens is 1. The zero-order chi connectivity index (χ0) is 14.4. The molecule has 0 aromatic carbocycles. The van der Waals surface area contributed by atoms with Gasteiger partial charge in [0.25, 0.3) is 0 Å². The van der Waals surface area contributed by atoms with Crippen molar-refractivity contribution in [3.05, 3.63) is 29.8 Å². The first-order valence-corrected chi connectivity index (χ1v) is 7.37. The molecule has 110 valence electrons. The summed E-state index contributed by atoms with van der Waals surface area (Å²) >= 11 is 0. The largest absolute Gasteiger partial charge is 0.308 e. The molecular formula is C14H24N6. The van der Waals surface area contributed by atoms with Gasteiger partial charge in [-0.1, -0.05) is 13.8 Å². The van der Waals surface area contributed by atoms with Crippen LogP contribution in [-0.2, 0) is 6.42 Å². The number of nitrogens with one attached hydrogen (secondary N) is 2. The van der Waals surface area contributed by atoms with Crippen molar-refractivity contribution in [2.75, 3.05) is 6.54 Å². The van der Waals surface area contributed by atoms with E-state index in [0.29, 0.717) is 6.04 Å². The molecule has 2 heterocycles. The first kappa shape index (κ1) is 14.7. The predicted molar refractivity (Wildman–Crippen MR) is 78.4 cm³/mol. The van der Waals surface area contributed by atoms with E-state index in [2.05, 4.69) is 58.9 Å². The van der Waals surface area contributed by atoms with Crippen LogP contribution in [0.1, 0.15) is 57.1 Å². The van der Waals surface area contributed by atoms with Crippen LogP contribution in [0.4, 0.5) is 0 Å². The lowest BCUT2D eigenvalue weighted by molar-refractivity contribution is 0.463. The summed E-state index contributed by atoms with van der Waals surface area (Å²) in [5, 5.41) is 18.9. The van der Waals surface area contributed by atoms with Gasteiger partial charge in [-0.2, -0.15) is 20.5 Å². The van der Waals surface area contributed by atoms with Crippen LogP contribution in [0.2, 0.25) is 0 Å². The third kappa shape index (κ3) is 3.66. The summed E-state index contributed by atoms with van der Waals surface area (Å²) in [6, 6.07) is 2.69. The molecule has 2 rings (SSSR count). The fourth-order valence-corrected chi connectivity index (χ4v) is 2.11. The van der Waals surface area contributed by atoms with Crippen molar-refractivity contribution in [1.82, 2.24) is 30.5 Å². The highest BCUT2D eigenvalue weighted by molar-refractivity contribution is 5.08. The highest BCUT2D eigenvalue weighted by Gasteiger charge is 2.16. The van der Waals surface area contributed by atoms with E-state index in [1.165, 1.54) is 0 Å². The molecule has 0 aliphatic carbocycles. The Labute approximate surface area is 120 Å². The van der Waals surface area contributed by atoms with E-state index < -0.39 is 0 Å². The van der Waals surface area contributed by atoms with Gasteiger partial charge in [0.1, 0.15) is 0 Å². The second kappa shape index (κ2) is 7.19. The van der Waals surface area contributed by atoms with Crippen molar-refractivity contribution in [1.29, 1.82) is 0 Å². The minimum atomic E-state index is 0.161. The van der Waals surface area contributed by atoms with E-state index in [4.69, 9.17) is 0 Å². The topological polar surface area (TPSA) is 71.4 Å². The fraction of sp³-hybridized carbons (Fsp3) is 0.643. The molecular weight excluding hydrogens is 252 g/mol. The highest BCUT2D eigenvalue weighted by atomic mass is 15.3. The lowest BCUT2D eigenvalue weighted by Crippen LogP contribution is -2.24. The maximum absolute atomic E-state index is 4.66. The van der Waals surface area contributed by atoms with E-state index in [1.54, 1.807) is 6.20 Å². The summed E-state index contributed by atoms with van der Waals surface area (Å²) in [6.45, 7) is 7.47. The molecule has 20 heavy (non-hydrogen) atoms. The van der Waals surface area contributed by atoms with Crippen molar-refractivity contribution in [3.8, 4) is 0 Å². The lowest BCUT2D eigenvalue weighted by Gasteiger charge is -2.14. The van der Waals surface area contributed by atoms with Crippen LogP contribution in [0, 0.1) is 0 Å². The molecule has 0 radical (unpaired) electrons. The molecule has 2 unspecified atom stereocenters. The third-order valence-corrected chi connectivity index (χ3v) is 3.55. The summed E-state index contributed by atoms with van der Waals surface area (Å²) < 4.78 is 2.04. The number of rotatable bonds is 8. The van der Waals surface area contributed by atoms with Crippen LogP contribution in [0.3, 0.4) is 0 Å². The Hall–Kier alpha value is -1.69. The molecule has 0 bridgehead atoms. The normalized spacial score (nSPS) is 14.3. The molecule has 0 saturated carbocycles. The first-order chi connectivity index (χ1) is 9.74. The second-order valence-corrected chi connectivity index (χ2v) is 5.15. The first-order valence-electron chi connectivity index (χ1n) is 7.37. The molecule has 6 nitrogen and oxygen atoms in total. The molecule has 2 aromatic rings. The standard InChI is InChI=1S/C14H24N6/c1-4-7-15-13(14-10-16-19-17-14)9-12-6-8-20(18-12)11(3)5-2/h6,8,10-11,13,15H,4-5,7,9H2,1-3H3,(H,16,17,19). The Morgan fingerprint density at radius 2 is 2.25 bits per heavy atom. The van der Waals surface area contributed by atoms with Gasteiger partial charge in [-0.15, -0.1) is 0 Å². The van der Waals surface area contributed by atoms with Crippen LogP contribution < -0.4 is 5.32 Å². The molecule has 2 atom stereocenters. The maximum atomic E-state index is 4.66. The molecule has 2 aromatic heterocycles. The summed E-state index contributed by atoms with van der Waals surface area (Å²) in [4.78, 5) is 0. The van der Waals surface area contributed by atoms with Crippen LogP contribution >= 0.6 is 0 Å². The van der Waals surface area contributed by atoms with E-state index >= 15 is 0 Å². The van der Waals surface area contributed by atoms with Crippen molar-refractivity contribution < 1.29 is 0 Å². The van der Waals surface area contributed by atoms with Gasteiger partial charge in [0.15, 0.2) is 0 Å². The minimum Gasteiger partial charge on any atom is -0.308 e. The van der Waals surface area contributed by atoms with Crippen molar-refractivity contribution in [2.24, 2.45) is 0 Å². The summed E-state index contributed by atoms with van der Waals surface area (Å²) in [5.41, 5.74) is 2.03. The van der Waals surface area contributed by atoms with Crippen LogP contribution in [-0.4, -0.2) is 31.7 Å². The maximum Gasteiger partial charge on any atom is 0.0997 e. The number of hydrogen-bond acceptors (Lipinski definition) is 4. The van der Waals surface area contributed by atoms with Crippen LogP contribution in [0.25, 0.3) is 0 Å². The monoisotopic (exact) mass is 276 g/mol. The minimum absolute atomic E-state index is 0.161. The molecule has 0 amide bonds. The molecule has 0 aliphatic rings. The fourth-order valence-electron chi connectivity index (χ4n) is 2.11. The van der Waals surface area contributed by atoms with Crippen LogP contribution in [0.5, 0.6) is 0 Å². The number of aromatic nitrogens is 5. The Morgan fingerprint density at radius 3 is 2.90 bits per heavy atom. The van der Waals surface area contributed by atoms with Crippen molar-refractivity contribution in [3.63, 3.8) is 0 Å². The molecule has 0 fully saturated rings.